The lowest BCUT2D eigenvalue weighted by Crippen LogP contribution is -2.16. The zero-order valence-electron chi connectivity index (χ0n) is 10.5. The third-order valence-electron chi connectivity index (χ3n) is 2.53. The highest BCUT2D eigenvalue weighted by atomic mass is 32.1. The molecule has 0 amide bonds. The summed E-state index contributed by atoms with van der Waals surface area (Å²) in [5.41, 5.74) is 1.98. The van der Waals surface area contributed by atoms with Gasteiger partial charge < -0.3 is 10.2 Å². The average Bonchev–Trinajstić information content (AvgIpc) is 2.78. The molecular formula is C13H16FN3S. The molecule has 2 rings (SSSR count). The number of thiazole rings is 1. The SMILES string of the molecule is CNCc1csc(N(C)Cc2cccc(F)c2)n1. The van der Waals surface area contributed by atoms with Gasteiger partial charge in [-0.15, -0.1) is 11.3 Å². The Labute approximate surface area is 110 Å². The molecule has 1 aromatic carbocycles. The molecule has 3 nitrogen and oxygen atoms in total. The number of anilines is 1. The van der Waals surface area contributed by atoms with Crippen molar-refractivity contribution >= 4 is 16.5 Å². The second kappa shape index (κ2) is 5.93. The molecule has 96 valence electrons. The first-order chi connectivity index (χ1) is 8.69. The van der Waals surface area contributed by atoms with Gasteiger partial charge in [-0.05, 0) is 24.7 Å². The molecule has 0 fully saturated rings. The number of benzene rings is 1. The Kier molecular flexibility index (Phi) is 4.28. The first kappa shape index (κ1) is 13.0. The lowest BCUT2D eigenvalue weighted by molar-refractivity contribution is 0.625. The Morgan fingerprint density at radius 1 is 1.44 bits per heavy atom. The van der Waals surface area contributed by atoms with E-state index in [1.54, 1.807) is 23.5 Å². The molecule has 1 N–H and O–H groups in total. The molecule has 0 saturated carbocycles. The summed E-state index contributed by atoms with van der Waals surface area (Å²) in [5.74, 6) is -0.198. The lowest BCUT2D eigenvalue weighted by atomic mass is 10.2. The van der Waals surface area contributed by atoms with E-state index in [0.29, 0.717) is 6.54 Å². The minimum Gasteiger partial charge on any atom is -0.347 e. The summed E-state index contributed by atoms with van der Waals surface area (Å²) in [7, 11) is 3.86. The van der Waals surface area contributed by atoms with Crippen molar-refractivity contribution in [1.29, 1.82) is 0 Å². The summed E-state index contributed by atoms with van der Waals surface area (Å²) in [6, 6.07) is 6.66. The Balaban J connectivity index is 2.04. The van der Waals surface area contributed by atoms with E-state index >= 15 is 0 Å². The van der Waals surface area contributed by atoms with E-state index in [9.17, 15) is 4.39 Å². The van der Waals surface area contributed by atoms with Gasteiger partial charge in [0.15, 0.2) is 5.13 Å². The van der Waals surface area contributed by atoms with E-state index in [4.69, 9.17) is 0 Å². The third kappa shape index (κ3) is 3.27. The number of hydrogen-bond donors (Lipinski definition) is 1. The Hall–Kier alpha value is -1.46. The van der Waals surface area contributed by atoms with Crippen LogP contribution in [0, 0.1) is 5.82 Å². The predicted octanol–water partition coefficient (Wildman–Crippen LogP) is 2.64. The predicted molar refractivity (Wildman–Crippen MR) is 73.4 cm³/mol. The van der Waals surface area contributed by atoms with E-state index in [2.05, 4.69) is 10.3 Å². The highest BCUT2D eigenvalue weighted by Gasteiger charge is 2.07. The highest BCUT2D eigenvalue weighted by molar-refractivity contribution is 7.13. The van der Waals surface area contributed by atoms with Crippen LogP contribution in [0.1, 0.15) is 11.3 Å². The van der Waals surface area contributed by atoms with Gasteiger partial charge in [0.25, 0.3) is 0 Å². The van der Waals surface area contributed by atoms with Crippen LogP contribution < -0.4 is 10.2 Å². The second-order valence-corrected chi connectivity index (χ2v) is 4.97. The number of nitrogens with one attached hydrogen (secondary N) is 1. The molecule has 0 saturated heterocycles. The maximum Gasteiger partial charge on any atom is 0.185 e. The van der Waals surface area contributed by atoms with Crippen molar-refractivity contribution in [3.05, 3.63) is 46.7 Å². The Morgan fingerprint density at radius 3 is 3.00 bits per heavy atom. The zero-order chi connectivity index (χ0) is 13.0. The Morgan fingerprint density at radius 2 is 2.28 bits per heavy atom. The fourth-order valence-corrected chi connectivity index (χ4v) is 2.50. The van der Waals surface area contributed by atoms with Crippen LogP contribution in [0.5, 0.6) is 0 Å². The smallest absolute Gasteiger partial charge is 0.185 e. The van der Waals surface area contributed by atoms with Gasteiger partial charge in [0.1, 0.15) is 5.82 Å². The van der Waals surface area contributed by atoms with Gasteiger partial charge in [-0.25, -0.2) is 9.37 Å². The van der Waals surface area contributed by atoms with Crippen molar-refractivity contribution in [3.8, 4) is 0 Å². The summed E-state index contributed by atoms with van der Waals surface area (Å²) in [5, 5.41) is 6.05. The van der Waals surface area contributed by atoms with Crippen molar-refractivity contribution in [1.82, 2.24) is 10.3 Å². The van der Waals surface area contributed by atoms with Crippen LogP contribution in [0.4, 0.5) is 9.52 Å². The van der Waals surface area contributed by atoms with Gasteiger partial charge >= 0.3 is 0 Å². The van der Waals surface area contributed by atoms with Crippen LogP contribution in [0.2, 0.25) is 0 Å². The average molecular weight is 265 g/mol. The molecule has 0 spiro atoms. The van der Waals surface area contributed by atoms with Crippen LogP contribution in [-0.2, 0) is 13.1 Å². The van der Waals surface area contributed by atoms with E-state index < -0.39 is 0 Å². The summed E-state index contributed by atoms with van der Waals surface area (Å²) >= 11 is 1.60. The lowest BCUT2D eigenvalue weighted by Gasteiger charge is -2.15. The molecule has 0 aliphatic heterocycles. The summed E-state index contributed by atoms with van der Waals surface area (Å²) in [4.78, 5) is 6.53. The van der Waals surface area contributed by atoms with Gasteiger partial charge in [-0.3, -0.25) is 0 Å². The van der Waals surface area contributed by atoms with Crippen molar-refractivity contribution in [2.45, 2.75) is 13.1 Å². The van der Waals surface area contributed by atoms with E-state index in [-0.39, 0.29) is 5.82 Å². The molecule has 0 bridgehead atoms. The van der Waals surface area contributed by atoms with Gasteiger partial charge in [-0.1, -0.05) is 12.1 Å². The fourth-order valence-electron chi connectivity index (χ4n) is 1.71. The number of rotatable bonds is 5. The minimum atomic E-state index is -0.198. The van der Waals surface area contributed by atoms with Gasteiger partial charge in [-0.2, -0.15) is 0 Å². The molecule has 1 aromatic heterocycles. The van der Waals surface area contributed by atoms with Crippen LogP contribution in [0.3, 0.4) is 0 Å². The van der Waals surface area contributed by atoms with Crippen LogP contribution in [-0.4, -0.2) is 19.1 Å². The summed E-state index contributed by atoms with van der Waals surface area (Å²) in [6.45, 7) is 1.43. The monoisotopic (exact) mass is 265 g/mol. The second-order valence-electron chi connectivity index (χ2n) is 4.14. The van der Waals surface area contributed by atoms with Crippen molar-refractivity contribution in [2.75, 3.05) is 19.0 Å². The van der Waals surface area contributed by atoms with Crippen molar-refractivity contribution in [2.24, 2.45) is 0 Å². The molecule has 0 aliphatic rings. The topological polar surface area (TPSA) is 28.2 Å². The van der Waals surface area contributed by atoms with Crippen LogP contribution in [0.25, 0.3) is 0 Å². The number of aromatic nitrogens is 1. The highest BCUT2D eigenvalue weighted by Crippen LogP contribution is 2.21. The third-order valence-corrected chi connectivity index (χ3v) is 3.54. The first-order valence-electron chi connectivity index (χ1n) is 5.73. The standard InChI is InChI=1S/C13H16FN3S/c1-15-7-12-9-18-13(16-12)17(2)8-10-4-3-5-11(14)6-10/h3-6,9,15H,7-8H2,1-2H3. The molecular weight excluding hydrogens is 249 g/mol. The van der Waals surface area contributed by atoms with Crippen molar-refractivity contribution in [3.63, 3.8) is 0 Å². The fraction of sp³-hybridized carbons (Fsp3) is 0.308. The first-order valence-corrected chi connectivity index (χ1v) is 6.61. The Bertz CT molecular complexity index is 512. The number of hydrogen-bond acceptors (Lipinski definition) is 4. The van der Waals surface area contributed by atoms with Crippen LogP contribution in [0.15, 0.2) is 29.6 Å². The number of halogens is 1. The van der Waals surface area contributed by atoms with Gasteiger partial charge in [0.05, 0.1) is 5.69 Å². The maximum absolute atomic E-state index is 13.1. The number of nitrogens with zero attached hydrogens (tertiary/aromatic N) is 2. The molecule has 0 aliphatic carbocycles. The van der Waals surface area contributed by atoms with Gasteiger partial charge in [0, 0.05) is 25.5 Å². The molecule has 18 heavy (non-hydrogen) atoms. The molecule has 0 unspecified atom stereocenters. The summed E-state index contributed by atoms with van der Waals surface area (Å²) < 4.78 is 13.1. The van der Waals surface area contributed by atoms with E-state index in [1.165, 1.54) is 6.07 Å². The largest absolute Gasteiger partial charge is 0.347 e. The molecule has 0 atom stereocenters. The molecule has 1 heterocycles. The maximum atomic E-state index is 13.1. The molecule has 2 aromatic rings. The van der Waals surface area contributed by atoms with E-state index in [0.717, 1.165) is 22.9 Å². The zero-order valence-corrected chi connectivity index (χ0v) is 11.3. The van der Waals surface area contributed by atoms with Crippen LogP contribution >= 0.6 is 11.3 Å². The molecule has 0 radical (unpaired) electrons. The minimum absolute atomic E-state index is 0.198. The molecule has 5 heteroatoms. The quantitative estimate of drug-likeness (QED) is 0.901. The van der Waals surface area contributed by atoms with E-state index in [1.807, 2.05) is 30.4 Å². The summed E-state index contributed by atoms with van der Waals surface area (Å²) in [6.07, 6.45) is 0. The van der Waals surface area contributed by atoms with Crippen molar-refractivity contribution < 1.29 is 4.39 Å². The van der Waals surface area contributed by atoms with Gasteiger partial charge in [0.2, 0.25) is 0 Å². The normalized spacial score (nSPS) is 10.6.